The monoisotopic (exact) mass is 421 g/mol. The highest BCUT2D eigenvalue weighted by atomic mass is 32.2. The van der Waals surface area contributed by atoms with Gasteiger partial charge >= 0.3 is 0 Å². The fourth-order valence-corrected chi connectivity index (χ4v) is 4.11. The fourth-order valence-electron chi connectivity index (χ4n) is 2.49. The highest BCUT2D eigenvalue weighted by molar-refractivity contribution is 7.89. The summed E-state index contributed by atoms with van der Waals surface area (Å²) >= 11 is 0. The first kappa shape index (κ1) is 21.9. The van der Waals surface area contributed by atoms with E-state index in [1.807, 2.05) is 0 Å². The Bertz CT molecular complexity index is 1030. The lowest BCUT2D eigenvalue weighted by Gasteiger charge is -2.20. The third kappa shape index (κ3) is 5.12. The average Bonchev–Trinajstić information content (AvgIpc) is 2.69. The maximum absolute atomic E-state index is 12.9. The third-order valence-corrected chi connectivity index (χ3v) is 6.09. The van der Waals surface area contributed by atoms with E-state index in [4.69, 9.17) is 0 Å². The summed E-state index contributed by atoms with van der Waals surface area (Å²) in [6.07, 6.45) is 1.35. The van der Waals surface area contributed by atoms with Crippen LogP contribution in [0.1, 0.15) is 19.4 Å². The highest BCUT2D eigenvalue weighted by Crippen LogP contribution is 2.29. The van der Waals surface area contributed by atoms with Crippen LogP contribution < -0.4 is 5.43 Å². The second-order valence-corrected chi connectivity index (χ2v) is 7.65. The van der Waals surface area contributed by atoms with Crippen molar-refractivity contribution in [1.82, 2.24) is 4.31 Å². The fraction of sp³-hybridized carbons (Fsp3) is 0.235. The van der Waals surface area contributed by atoms with Gasteiger partial charge < -0.3 is 0 Å². The quantitative estimate of drug-likeness (QED) is 0.372. The van der Waals surface area contributed by atoms with Crippen LogP contribution in [0.15, 0.2) is 52.5 Å². The molecular formula is C17H19N5O6S. The summed E-state index contributed by atoms with van der Waals surface area (Å²) in [5.74, 6) is 0. The predicted octanol–water partition coefficient (Wildman–Crippen LogP) is 2.98. The molecule has 0 saturated carbocycles. The van der Waals surface area contributed by atoms with Gasteiger partial charge in [-0.3, -0.25) is 25.7 Å². The number of nitro groups is 2. The van der Waals surface area contributed by atoms with Gasteiger partial charge in [-0.1, -0.05) is 13.8 Å². The number of nitro benzene ring substituents is 2. The smallest absolute Gasteiger partial charge is 0.270 e. The predicted molar refractivity (Wildman–Crippen MR) is 108 cm³/mol. The normalized spacial score (nSPS) is 11.7. The molecule has 0 aliphatic heterocycles. The van der Waals surface area contributed by atoms with Crippen LogP contribution in [0.5, 0.6) is 0 Å². The molecule has 29 heavy (non-hydrogen) atoms. The van der Waals surface area contributed by atoms with Crippen LogP contribution in [0.4, 0.5) is 17.1 Å². The van der Waals surface area contributed by atoms with Crippen LogP contribution in [0.3, 0.4) is 0 Å². The maximum atomic E-state index is 12.9. The number of sulfonamides is 1. The first-order valence-electron chi connectivity index (χ1n) is 8.52. The Morgan fingerprint density at radius 3 is 2.07 bits per heavy atom. The number of nitrogens with zero attached hydrogens (tertiary/aromatic N) is 4. The molecular weight excluding hydrogens is 402 g/mol. The van der Waals surface area contributed by atoms with Crippen molar-refractivity contribution in [3.8, 4) is 0 Å². The van der Waals surface area contributed by atoms with E-state index in [-0.39, 0.29) is 35.0 Å². The van der Waals surface area contributed by atoms with E-state index in [9.17, 15) is 28.6 Å². The van der Waals surface area contributed by atoms with Crippen molar-refractivity contribution in [3.63, 3.8) is 0 Å². The van der Waals surface area contributed by atoms with Gasteiger partial charge in [0.05, 0.1) is 21.7 Å². The topological polar surface area (TPSA) is 148 Å². The molecule has 0 aliphatic rings. The largest absolute Gasteiger partial charge is 0.277 e. The second kappa shape index (κ2) is 9.21. The first-order chi connectivity index (χ1) is 13.7. The maximum Gasteiger partial charge on any atom is 0.270 e. The summed E-state index contributed by atoms with van der Waals surface area (Å²) in [6.45, 7) is 3.73. The van der Waals surface area contributed by atoms with Crippen LogP contribution in [-0.4, -0.2) is 41.9 Å². The molecule has 0 aromatic heterocycles. The van der Waals surface area contributed by atoms with Gasteiger partial charge in [-0.25, -0.2) is 8.42 Å². The molecule has 2 rings (SSSR count). The molecule has 0 amide bonds. The molecule has 0 heterocycles. The van der Waals surface area contributed by atoms with Gasteiger partial charge in [0.15, 0.2) is 0 Å². The van der Waals surface area contributed by atoms with Crippen LogP contribution in [0, 0.1) is 20.2 Å². The number of hydrogen-bond acceptors (Lipinski definition) is 8. The second-order valence-electron chi connectivity index (χ2n) is 5.75. The number of nitrogens with one attached hydrogen (secondary N) is 1. The number of benzene rings is 2. The lowest BCUT2D eigenvalue weighted by atomic mass is 10.2. The zero-order chi connectivity index (χ0) is 21.6. The Labute approximate surface area is 167 Å². The van der Waals surface area contributed by atoms with Crippen LogP contribution in [-0.2, 0) is 10.0 Å². The summed E-state index contributed by atoms with van der Waals surface area (Å²) in [6, 6.07) is 9.00. The van der Waals surface area contributed by atoms with Crippen molar-refractivity contribution in [3.05, 3.63) is 68.3 Å². The summed E-state index contributed by atoms with van der Waals surface area (Å²) in [5, 5.41) is 25.7. The lowest BCUT2D eigenvalue weighted by molar-refractivity contribution is -0.385. The SMILES string of the molecule is CCN(CC)S(=O)(=O)c1cc([N+](=O)[O-])ccc1NN=Cc1ccc([N+](=O)[O-])cc1. The minimum absolute atomic E-state index is 0.0701. The van der Waals surface area contributed by atoms with Crippen molar-refractivity contribution in [2.45, 2.75) is 18.7 Å². The van der Waals surface area contributed by atoms with Gasteiger partial charge in [0, 0.05) is 37.4 Å². The van der Waals surface area contributed by atoms with Crippen molar-refractivity contribution < 1.29 is 18.3 Å². The minimum Gasteiger partial charge on any atom is -0.277 e. The summed E-state index contributed by atoms with van der Waals surface area (Å²) in [4.78, 5) is 20.3. The minimum atomic E-state index is -3.98. The Balaban J connectivity index is 2.36. The van der Waals surface area contributed by atoms with Gasteiger partial charge in [0.1, 0.15) is 4.90 Å². The average molecular weight is 421 g/mol. The number of anilines is 1. The summed E-state index contributed by atoms with van der Waals surface area (Å²) in [7, 11) is -3.98. The Kier molecular flexibility index (Phi) is 6.96. The van der Waals surface area contributed by atoms with E-state index in [0.29, 0.717) is 5.56 Å². The summed E-state index contributed by atoms with van der Waals surface area (Å²) < 4.78 is 26.9. The van der Waals surface area contributed by atoms with Crippen LogP contribution in [0.2, 0.25) is 0 Å². The molecule has 154 valence electrons. The van der Waals surface area contributed by atoms with Crippen molar-refractivity contribution in [2.24, 2.45) is 5.10 Å². The number of non-ortho nitro benzene ring substituents is 2. The van der Waals surface area contributed by atoms with E-state index in [0.717, 1.165) is 6.07 Å². The van der Waals surface area contributed by atoms with E-state index >= 15 is 0 Å². The van der Waals surface area contributed by atoms with E-state index in [1.54, 1.807) is 13.8 Å². The zero-order valence-electron chi connectivity index (χ0n) is 15.7. The molecule has 2 aromatic rings. The molecule has 0 spiro atoms. The molecule has 12 heteroatoms. The van der Waals surface area contributed by atoms with E-state index in [1.165, 1.54) is 46.9 Å². The van der Waals surface area contributed by atoms with Gasteiger partial charge in [-0.15, -0.1) is 0 Å². The van der Waals surface area contributed by atoms with Crippen molar-refractivity contribution in [2.75, 3.05) is 18.5 Å². The zero-order valence-corrected chi connectivity index (χ0v) is 16.5. The molecule has 0 aliphatic carbocycles. The van der Waals surface area contributed by atoms with Gasteiger partial charge in [0.25, 0.3) is 11.4 Å². The first-order valence-corrected chi connectivity index (χ1v) is 9.96. The molecule has 11 nitrogen and oxygen atoms in total. The third-order valence-electron chi connectivity index (χ3n) is 4.00. The molecule has 0 saturated heterocycles. The standard InChI is InChI=1S/C17H19N5O6S/c1-3-20(4-2)29(27,28)17-11-15(22(25)26)9-10-16(17)19-18-12-13-5-7-14(8-6-13)21(23)24/h5-12,19H,3-4H2,1-2H3. The Hall–Kier alpha value is -3.38. The Morgan fingerprint density at radius 2 is 1.55 bits per heavy atom. The molecule has 0 atom stereocenters. The molecule has 1 N–H and O–H groups in total. The van der Waals surface area contributed by atoms with Gasteiger partial charge in [0.2, 0.25) is 10.0 Å². The van der Waals surface area contributed by atoms with Gasteiger partial charge in [-0.2, -0.15) is 9.41 Å². The molecule has 0 radical (unpaired) electrons. The van der Waals surface area contributed by atoms with E-state index in [2.05, 4.69) is 10.5 Å². The number of hydrazone groups is 1. The molecule has 2 aromatic carbocycles. The number of hydrogen-bond donors (Lipinski definition) is 1. The molecule has 0 unspecified atom stereocenters. The number of rotatable bonds is 9. The molecule has 0 bridgehead atoms. The summed E-state index contributed by atoms with van der Waals surface area (Å²) in [5.41, 5.74) is 2.76. The lowest BCUT2D eigenvalue weighted by Crippen LogP contribution is -2.31. The van der Waals surface area contributed by atoms with Crippen LogP contribution in [0.25, 0.3) is 0 Å². The molecule has 0 fully saturated rings. The highest BCUT2D eigenvalue weighted by Gasteiger charge is 2.27. The van der Waals surface area contributed by atoms with Crippen LogP contribution >= 0.6 is 0 Å². The Morgan fingerprint density at radius 1 is 1.00 bits per heavy atom. The van der Waals surface area contributed by atoms with E-state index < -0.39 is 19.9 Å². The van der Waals surface area contributed by atoms with Crippen molar-refractivity contribution >= 4 is 33.3 Å². The van der Waals surface area contributed by atoms with Gasteiger partial charge in [-0.05, 0) is 23.8 Å². The van der Waals surface area contributed by atoms with Crippen molar-refractivity contribution in [1.29, 1.82) is 0 Å².